The quantitative estimate of drug-likeness (QED) is 0.877. The fourth-order valence-electron chi connectivity index (χ4n) is 1.91. The zero-order valence-corrected chi connectivity index (χ0v) is 11.5. The number of halogens is 1. The molecule has 0 aliphatic carbocycles. The largest absolute Gasteiger partial charge is 0.309 e. The molecule has 0 bridgehead atoms. The van der Waals surface area contributed by atoms with Gasteiger partial charge in [-0.1, -0.05) is 28.1 Å². The molecular formula is C14H10BrN3O. The normalized spacial score (nSPS) is 14.2. The van der Waals surface area contributed by atoms with Crippen molar-refractivity contribution in [3.05, 3.63) is 52.6 Å². The second kappa shape index (κ2) is 4.93. The van der Waals surface area contributed by atoms with Crippen LogP contribution < -0.4 is 5.32 Å². The Morgan fingerprint density at radius 3 is 2.74 bits per heavy atom. The number of fused-ring (bicyclic) bond motifs is 1. The van der Waals surface area contributed by atoms with Crippen molar-refractivity contribution >= 4 is 39.1 Å². The number of nitrogens with one attached hydrogen (secondary N) is 1. The number of hydrogen-bond donors (Lipinski definition) is 1. The number of rotatable bonds is 1. The number of carbonyl (C=O) groups excluding carboxylic acids is 1. The van der Waals surface area contributed by atoms with Crippen LogP contribution >= 0.6 is 15.9 Å². The van der Waals surface area contributed by atoms with Gasteiger partial charge < -0.3 is 5.32 Å². The number of nitrogens with zero attached hydrogens (tertiary/aromatic N) is 2. The Morgan fingerprint density at radius 1 is 1.16 bits per heavy atom. The van der Waals surface area contributed by atoms with Gasteiger partial charge in [-0.2, -0.15) is 0 Å². The molecule has 3 rings (SSSR count). The Labute approximate surface area is 118 Å². The minimum Gasteiger partial charge on any atom is -0.309 e. The van der Waals surface area contributed by atoms with E-state index in [0.717, 1.165) is 15.7 Å². The van der Waals surface area contributed by atoms with E-state index in [4.69, 9.17) is 0 Å². The van der Waals surface area contributed by atoms with Crippen LogP contribution in [0.15, 0.2) is 52.1 Å². The molecule has 0 saturated carbocycles. The van der Waals surface area contributed by atoms with Gasteiger partial charge in [-0.15, -0.1) is 0 Å². The third kappa shape index (κ3) is 2.56. The monoisotopic (exact) mass is 315 g/mol. The van der Waals surface area contributed by atoms with Crippen LogP contribution in [-0.2, 0) is 4.79 Å². The number of hydrogen-bond acceptors (Lipinski definition) is 3. The number of pyridine rings is 1. The Morgan fingerprint density at radius 2 is 1.95 bits per heavy atom. The molecule has 94 valence electrons. The number of benzene rings is 1. The lowest BCUT2D eigenvalue weighted by atomic mass is 10.1. The highest BCUT2D eigenvalue weighted by molar-refractivity contribution is 9.10. The van der Waals surface area contributed by atoms with E-state index in [1.165, 1.54) is 0 Å². The molecule has 1 amide bonds. The molecule has 1 aromatic heterocycles. The van der Waals surface area contributed by atoms with Crippen LogP contribution in [0.1, 0.15) is 12.0 Å². The number of amides is 1. The van der Waals surface area contributed by atoms with E-state index < -0.39 is 0 Å². The summed E-state index contributed by atoms with van der Waals surface area (Å²) in [6.07, 6.45) is 1.89. The molecule has 5 heteroatoms. The Bertz CT molecular complexity index is 665. The van der Waals surface area contributed by atoms with E-state index in [-0.39, 0.29) is 12.3 Å². The van der Waals surface area contributed by atoms with Crippen LogP contribution in [0.25, 0.3) is 0 Å². The third-order valence-corrected chi connectivity index (χ3v) is 3.33. The maximum Gasteiger partial charge on any atom is 0.231 e. The van der Waals surface area contributed by atoms with Gasteiger partial charge in [0.15, 0.2) is 5.82 Å². The molecule has 1 aromatic carbocycles. The number of aromatic nitrogens is 1. The van der Waals surface area contributed by atoms with Crippen molar-refractivity contribution in [3.8, 4) is 0 Å². The van der Waals surface area contributed by atoms with Crippen molar-refractivity contribution in [2.75, 3.05) is 5.32 Å². The van der Waals surface area contributed by atoms with Crippen LogP contribution in [0.2, 0.25) is 0 Å². The van der Waals surface area contributed by atoms with Crippen molar-refractivity contribution in [2.24, 2.45) is 4.99 Å². The maximum atomic E-state index is 11.9. The first-order valence-electron chi connectivity index (χ1n) is 5.81. The molecule has 1 aliphatic rings. The maximum absolute atomic E-state index is 11.9. The second-order valence-electron chi connectivity index (χ2n) is 4.16. The number of carbonyl (C=O) groups is 1. The van der Waals surface area contributed by atoms with Crippen molar-refractivity contribution in [2.45, 2.75) is 6.42 Å². The number of aliphatic imine (C=N–C) groups is 1. The summed E-state index contributed by atoms with van der Waals surface area (Å²) in [5, 5.41) is 2.76. The van der Waals surface area contributed by atoms with Crippen molar-refractivity contribution < 1.29 is 4.79 Å². The summed E-state index contributed by atoms with van der Waals surface area (Å²) in [5.41, 5.74) is 2.37. The van der Waals surface area contributed by atoms with Gasteiger partial charge in [0.25, 0.3) is 0 Å². The highest BCUT2D eigenvalue weighted by Gasteiger charge is 2.17. The van der Waals surface area contributed by atoms with Gasteiger partial charge in [-0.05, 0) is 29.8 Å². The number of anilines is 1. The third-order valence-electron chi connectivity index (χ3n) is 2.81. The van der Waals surface area contributed by atoms with Gasteiger partial charge >= 0.3 is 0 Å². The van der Waals surface area contributed by atoms with Gasteiger partial charge in [0.2, 0.25) is 5.91 Å². The highest BCUT2D eigenvalue weighted by Crippen LogP contribution is 2.26. The Balaban J connectivity index is 2.08. The van der Waals surface area contributed by atoms with Crippen molar-refractivity contribution in [1.29, 1.82) is 0 Å². The van der Waals surface area contributed by atoms with Crippen LogP contribution in [0.5, 0.6) is 0 Å². The lowest BCUT2D eigenvalue weighted by Crippen LogP contribution is -2.15. The molecule has 4 nitrogen and oxygen atoms in total. The van der Waals surface area contributed by atoms with Crippen LogP contribution in [-0.4, -0.2) is 16.6 Å². The summed E-state index contributed by atoms with van der Waals surface area (Å²) < 4.78 is 0.997. The molecule has 0 spiro atoms. The van der Waals surface area contributed by atoms with E-state index in [0.29, 0.717) is 11.5 Å². The molecule has 0 fully saturated rings. The Hall–Kier alpha value is -2.01. The Kier molecular flexibility index (Phi) is 3.13. The lowest BCUT2D eigenvalue weighted by Gasteiger charge is -2.03. The first-order chi connectivity index (χ1) is 9.22. The standard InChI is InChI=1S/C14H10BrN3O/c15-10-5-3-9(4-6-10)12-8-13(19)18-14-11(17-12)2-1-7-16-14/h1-7H,8H2,(H,16,18,19). The van der Waals surface area contributed by atoms with Gasteiger partial charge in [0.05, 0.1) is 12.1 Å². The van der Waals surface area contributed by atoms with Crippen molar-refractivity contribution in [3.63, 3.8) is 0 Å². The molecule has 2 aromatic rings. The summed E-state index contributed by atoms with van der Waals surface area (Å²) in [6.45, 7) is 0. The second-order valence-corrected chi connectivity index (χ2v) is 5.08. The van der Waals surface area contributed by atoms with Crippen LogP contribution in [0.3, 0.4) is 0 Å². The SMILES string of the molecule is O=C1CC(c2ccc(Br)cc2)=Nc2cccnc2N1. The summed E-state index contributed by atoms with van der Waals surface area (Å²) in [6, 6.07) is 11.4. The predicted octanol–water partition coefficient (Wildman–Crippen LogP) is 3.31. The van der Waals surface area contributed by atoms with E-state index in [1.54, 1.807) is 12.3 Å². The molecule has 0 atom stereocenters. The van der Waals surface area contributed by atoms with Gasteiger partial charge in [-0.25, -0.2) is 9.98 Å². The minimum atomic E-state index is -0.0980. The predicted molar refractivity (Wildman–Crippen MR) is 77.8 cm³/mol. The van der Waals surface area contributed by atoms with Crippen LogP contribution in [0, 0.1) is 0 Å². The zero-order valence-electron chi connectivity index (χ0n) is 9.93. The molecule has 0 unspecified atom stereocenters. The smallest absolute Gasteiger partial charge is 0.231 e. The topological polar surface area (TPSA) is 54.4 Å². The molecule has 1 aliphatic heterocycles. The summed E-state index contributed by atoms with van der Waals surface area (Å²) in [5.74, 6) is 0.415. The van der Waals surface area contributed by atoms with Gasteiger partial charge in [-0.3, -0.25) is 4.79 Å². The van der Waals surface area contributed by atoms with Crippen LogP contribution in [0.4, 0.5) is 11.5 Å². The molecule has 1 N–H and O–H groups in total. The summed E-state index contributed by atoms with van der Waals surface area (Å²) in [4.78, 5) is 20.5. The average Bonchev–Trinajstić information content (AvgIpc) is 2.57. The van der Waals surface area contributed by atoms with Crippen molar-refractivity contribution in [1.82, 2.24) is 4.98 Å². The molecule has 0 saturated heterocycles. The average molecular weight is 316 g/mol. The highest BCUT2D eigenvalue weighted by atomic mass is 79.9. The lowest BCUT2D eigenvalue weighted by molar-refractivity contribution is -0.115. The first kappa shape index (κ1) is 12.0. The van der Waals surface area contributed by atoms with E-state index in [1.807, 2.05) is 30.3 Å². The van der Waals surface area contributed by atoms with Gasteiger partial charge in [0.1, 0.15) is 5.69 Å². The summed E-state index contributed by atoms with van der Waals surface area (Å²) >= 11 is 3.39. The summed E-state index contributed by atoms with van der Waals surface area (Å²) in [7, 11) is 0. The van der Waals surface area contributed by atoms with E-state index >= 15 is 0 Å². The molecular weight excluding hydrogens is 306 g/mol. The minimum absolute atomic E-state index is 0.0980. The van der Waals surface area contributed by atoms with E-state index in [9.17, 15) is 4.79 Å². The molecule has 19 heavy (non-hydrogen) atoms. The molecule has 0 radical (unpaired) electrons. The van der Waals surface area contributed by atoms with E-state index in [2.05, 4.69) is 31.2 Å². The van der Waals surface area contributed by atoms with Gasteiger partial charge in [0, 0.05) is 10.7 Å². The fraction of sp³-hybridized carbons (Fsp3) is 0.0714. The molecule has 2 heterocycles. The zero-order chi connectivity index (χ0) is 13.2. The first-order valence-corrected chi connectivity index (χ1v) is 6.60. The fourth-order valence-corrected chi connectivity index (χ4v) is 2.17.